The first-order chi connectivity index (χ1) is 8.02. The molecule has 1 rings (SSSR count). The van der Waals surface area contributed by atoms with Crippen LogP contribution in [0.4, 0.5) is 10.5 Å². The number of anilines is 1. The average molecular weight is 273 g/mol. The first-order valence-electron chi connectivity index (χ1n) is 5.21. The van der Waals surface area contributed by atoms with Crippen LogP contribution < -0.4 is 10.6 Å². The first kappa shape index (κ1) is 13.9. The van der Waals surface area contributed by atoms with E-state index in [4.69, 9.17) is 23.2 Å². The van der Waals surface area contributed by atoms with Crippen molar-refractivity contribution in [3.8, 4) is 0 Å². The first-order valence-corrected chi connectivity index (χ1v) is 5.96. The number of halogens is 2. The van der Waals surface area contributed by atoms with Gasteiger partial charge in [-0.1, -0.05) is 35.7 Å². The van der Waals surface area contributed by atoms with Crippen molar-refractivity contribution in [3.05, 3.63) is 40.0 Å². The topological polar surface area (TPSA) is 41.1 Å². The molecule has 0 aliphatic heterocycles. The molecule has 0 heterocycles. The minimum atomic E-state index is -0.309. The van der Waals surface area contributed by atoms with E-state index in [-0.39, 0.29) is 6.03 Å². The summed E-state index contributed by atoms with van der Waals surface area (Å²) in [7, 11) is 0. The molecule has 2 N–H and O–H groups in total. The van der Waals surface area contributed by atoms with E-state index in [0.29, 0.717) is 15.7 Å². The van der Waals surface area contributed by atoms with E-state index < -0.39 is 0 Å². The molecule has 0 aromatic heterocycles. The molecular formula is C12H14Cl2N2O. The van der Waals surface area contributed by atoms with Crippen LogP contribution in [-0.4, -0.2) is 6.03 Å². The molecule has 0 bridgehead atoms. The van der Waals surface area contributed by atoms with Crippen molar-refractivity contribution in [2.45, 2.75) is 20.3 Å². The van der Waals surface area contributed by atoms with Gasteiger partial charge in [-0.25, -0.2) is 4.79 Å². The van der Waals surface area contributed by atoms with Gasteiger partial charge in [-0.05, 0) is 31.5 Å². The van der Waals surface area contributed by atoms with Gasteiger partial charge in [0.15, 0.2) is 0 Å². The Morgan fingerprint density at radius 3 is 2.65 bits per heavy atom. The van der Waals surface area contributed by atoms with Gasteiger partial charge in [-0.2, -0.15) is 0 Å². The van der Waals surface area contributed by atoms with Crippen molar-refractivity contribution in [3.63, 3.8) is 0 Å². The summed E-state index contributed by atoms with van der Waals surface area (Å²) in [5.74, 6) is 0. The molecule has 0 aliphatic rings. The fourth-order valence-corrected chi connectivity index (χ4v) is 1.33. The second kappa shape index (κ2) is 6.52. The van der Waals surface area contributed by atoms with Crippen molar-refractivity contribution >= 4 is 34.9 Å². The van der Waals surface area contributed by atoms with E-state index in [1.807, 2.05) is 13.8 Å². The third kappa shape index (κ3) is 4.67. The average Bonchev–Trinajstić information content (AvgIpc) is 2.31. The van der Waals surface area contributed by atoms with Crippen molar-refractivity contribution in [1.29, 1.82) is 0 Å². The summed E-state index contributed by atoms with van der Waals surface area (Å²) in [6.45, 7) is 3.96. The molecule has 2 amide bonds. The van der Waals surface area contributed by atoms with E-state index in [2.05, 4.69) is 10.6 Å². The lowest BCUT2D eigenvalue weighted by molar-refractivity contribution is 0.255. The Morgan fingerprint density at radius 1 is 1.35 bits per heavy atom. The summed E-state index contributed by atoms with van der Waals surface area (Å²) in [5, 5.41) is 6.14. The van der Waals surface area contributed by atoms with E-state index >= 15 is 0 Å². The molecule has 0 aliphatic carbocycles. The van der Waals surface area contributed by atoms with Crippen LogP contribution in [0.25, 0.3) is 0 Å². The predicted octanol–water partition coefficient (Wildman–Crippen LogP) is 4.43. The van der Waals surface area contributed by atoms with E-state index in [1.54, 1.807) is 24.4 Å². The second-order valence-electron chi connectivity index (χ2n) is 3.57. The van der Waals surface area contributed by atoms with Gasteiger partial charge in [0.1, 0.15) is 0 Å². The van der Waals surface area contributed by atoms with Gasteiger partial charge in [-0.3, -0.25) is 0 Å². The standard InChI is InChI=1S/C12H14Cl2N2O/c1-3-8(2)7-15-12(17)16-9-4-5-10(13)11(14)6-9/h4-7H,3H2,1-2H3,(H2,15,16,17)/b8-7+. The molecule has 0 atom stereocenters. The molecule has 0 radical (unpaired) electrons. The zero-order chi connectivity index (χ0) is 12.8. The molecule has 1 aromatic carbocycles. The maximum absolute atomic E-state index is 11.5. The number of allylic oxidation sites excluding steroid dienone is 1. The van der Waals surface area contributed by atoms with Crippen LogP contribution in [0.3, 0.4) is 0 Å². The number of carbonyl (C=O) groups excluding carboxylic acids is 1. The molecular weight excluding hydrogens is 259 g/mol. The summed E-state index contributed by atoms with van der Waals surface area (Å²) < 4.78 is 0. The summed E-state index contributed by atoms with van der Waals surface area (Å²) in [6.07, 6.45) is 2.57. The lowest BCUT2D eigenvalue weighted by Crippen LogP contribution is -2.24. The van der Waals surface area contributed by atoms with Gasteiger partial charge >= 0.3 is 6.03 Å². The number of amides is 2. The third-order valence-electron chi connectivity index (χ3n) is 2.18. The van der Waals surface area contributed by atoms with Gasteiger partial charge in [0, 0.05) is 11.9 Å². The quantitative estimate of drug-likeness (QED) is 0.840. The van der Waals surface area contributed by atoms with Crippen LogP contribution in [-0.2, 0) is 0 Å². The Hall–Kier alpha value is -1.19. The minimum Gasteiger partial charge on any atom is -0.314 e. The fraction of sp³-hybridized carbons (Fsp3) is 0.250. The van der Waals surface area contributed by atoms with Crippen LogP contribution in [0, 0.1) is 0 Å². The monoisotopic (exact) mass is 272 g/mol. The third-order valence-corrected chi connectivity index (χ3v) is 2.92. The Bertz CT molecular complexity index is 444. The van der Waals surface area contributed by atoms with Gasteiger partial charge in [0.05, 0.1) is 10.0 Å². The highest BCUT2D eigenvalue weighted by Gasteiger charge is 2.02. The van der Waals surface area contributed by atoms with Crippen LogP contribution in [0.15, 0.2) is 30.0 Å². The zero-order valence-corrected chi connectivity index (χ0v) is 11.2. The van der Waals surface area contributed by atoms with Gasteiger partial charge < -0.3 is 10.6 Å². The predicted molar refractivity (Wildman–Crippen MR) is 72.7 cm³/mol. The molecule has 92 valence electrons. The number of urea groups is 1. The Balaban J connectivity index is 2.59. The van der Waals surface area contributed by atoms with E-state index in [9.17, 15) is 4.79 Å². The zero-order valence-electron chi connectivity index (χ0n) is 9.68. The Labute approximate surface area is 111 Å². The van der Waals surface area contributed by atoms with Crippen molar-refractivity contribution in [2.75, 3.05) is 5.32 Å². The Morgan fingerprint density at radius 2 is 2.06 bits per heavy atom. The smallest absolute Gasteiger partial charge is 0.314 e. The molecule has 0 saturated carbocycles. The van der Waals surface area contributed by atoms with Gasteiger partial charge in [0.25, 0.3) is 0 Å². The number of rotatable bonds is 3. The number of carbonyl (C=O) groups is 1. The molecule has 17 heavy (non-hydrogen) atoms. The van der Waals surface area contributed by atoms with Crippen LogP contribution in [0.1, 0.15) is 20.3 Å². The van der Waals surface area contributed by atoms with E-state index in [0.717, 1.165) is 12.0 Å². The SMILES string of the molecule is CC/C(C)=C/NC(=O)Nc1ccc(Cl)c(Cl)c1. The molecule has 3 nitrogen and oxygen atoms in total. The fourth-order valence-electron chi connectivity index (χ4n) is 1.03. The highest BCUT2D eigenvalue weighted by Crippen LogP contribution is 2.24. The van der Waals surface area contributed by atoms with Crippen molar-refractivity contribution in [2.24, 2.45) is 0 Å². The largest absolute Gasteiger partial charge is 0.323 e. The highest BCUT2D eigenvalue weighted by atomic mass is 35.5. The number of nitrogens with one attached hydrogen (secondary N) is 2. The molecule has 0 saturated heterocycles. The van der Waals surface area contributed by atoms with Crippen molar-refractivity contribution in [1.82, 2.24) is 5.32 Å². The molecule has 0 spiro atoms. The molecule has 0 unspecified atom stereocenters. The normalized spacial score (nSPS) is 11.2. The number of benzene rings is 1. The molecule has 1 aromatic rings. The summed E-state index contributed by atoms with van der Waals surface area (Å²) in [6, 6.07) is 4.60. The van der Waals surface area contributed by atoms with E-state index in [1.165, 1.54) is 0 Å². The highest BCUT2D eigenvalue weighted by molar-refractivity contribution is 6.42. The summed E-state index contributed by atoms with van der Waals surface area (Å²) in [4.78, 5) is 11.5. The maximum atomic E-state index is 11.5. The number of hydrogen-bond acceptors (Lipinski definition) is 1. The lowest BCUT2D eigenvalue weighted by atomic mass is 10.3. The molecule has 0 fully saturated rings. The van der Waals surface area contributed by atoms with Crippen molar-refractivity contribution < 1.29 is 4.79 Å². The maximum Gasteiger partial charge on any atom is 0.323 e. The Kier molecular flexibility index (Phi) is 5.32. The van der Waals surface area contributed by atoms with Gasteiger partial charge in [-0.15, -0.1) is 0 Å². The summed E-state index contributed by atoms with van der Waals surface area (Å²) in [5.41, 5.74) is 1.69. The molecule has 5 heteroatoms. The number of hydrogen-bond donors (Lipinski definition) is 2. The van der Waals surface area contributed by atoms with Gasteiger partial charge in [0.2, 0.25) is 0 Å². The van der Waals surface area contributed by atoms with Crippen LogP contribution in [0.5, 0.6) is 0 Å². The van der Waals surface area contributed by atoms with Crippen LogP contribution >= 0.6 is 23.2 Å². The summed E-state index contributed by atoms with van der Waals surface area (Å²) >= 11 is 11.6. The van der Waals surface area contributed by atoms with Crippen LogP contribution in [0.2, 0.25) is 10.0 Å². The second-order valence-corrected chi connectivity index (χ2v) is 4.39. The lowest BCUT2D eigenvalue weighted by Gasteiger charge is -2.06. The minimum absolute atomic E-state index is 0.309.